The largest absolute Gasteiger partial charge is 0.481 e. The number of carbonyl (C=O) groups is 1. The lowest BCUT2D eigenvalue weighted by molar-refractivity contribution is -0.136. The van der Waals surface area contributed by atoms with Crippen molar-refractivity contribution in [2.24, 2.45) is 5.92 Å². The molecule has 0 aromatic heterocycles. The Hall–Kier alpha value is -2.36. The Kier molecular flexibility index (Phi) is 5.83. The molecule has 1 saturated heterocycles. The first-order valence-corrected chi connectivity index (χ1v) is 10.8. The molecule has 2 N–H and O–H groups in total. The lowest BCUT2D eigenvalue weighted by atomic mass is 10.2. The number of hydrogen-bond acceptors (Lipinski definition) is 4. The van der Waals surface area contributed by atoms with E-state index in [1.807, 2.05) is 89.9 Å². The van der Waals surface area contributed by atoms with E-state index in [1.54, 1.807) is 0 Å². The number of carboxylic acids is 1. The minimum absolute atomic E-state index is 0.138. The van der Waals surface area contributed by atoms with Gasteiger partial charge in [-0.1, -0.05) is 50.2 Å². The van der Waals surface area contributed by atoms with Gasteiger partial charge in [0, 0.05) is 0 Å². The van der Waals surface area contributed by atoms with E-state index in [2.05, 4.69) is 0 Å². The van der Waals surface area contributed by atoms with E-state index in [1.165, 1.54) is 0 Å². The highest BCUT2D eigenvalue weighted by atomic mass is 31.2. The Labute approximate surface area is 161 Å². The van der Waals surface area contributed by atoms with Crippen molar-refractivity contribution in [1.82, 2.24) is 0 Å². The smallest absolute Gasteiger partial charge is 0.362 e. The fraction of sp³-hybridized carbons (Fsp3) is 0.286. The van der Waals surface area contributed by atoms with Crippen molar-refractivity contribution in [2.75, 3.05) is 22.4 Å². The van der Waals surface area contributed by atoms with Crippen LogP contribution in [0, 0.1) is 5.92 Å². The zero-order chi connectivity index (χ0) is 19.4. The van der Waals surface area contributed by atoms with Gasteiger partial charge in [0.2, 0.25) is 0 Å². The van der Waals surface area contributed by atoms with Crippen molar-refractivity contribution in [3.63, 3.8) is 0 Å². The molecule has 0 spiro atoms. The number of para-hydroxylation sites is 2. The van der Waals surface area contributed by atoms with Crippen molar-refractivity contribution in [3.05, 3.63) is 72.1 Å². The minimum atomic E-state index is -3.06. The van der Waals surface area contributed by atoms with Crippen LogP contribution in [0.1, 0.15) is 20.3 Å². The molecule has 5 nitrogen and oxygen atoms in total. The summed E-state index contributed by atoms with van der Waals surface area (Å²) in [6.45, 7) is 5.28. The van der Waals surface area contributed by atoms with Crippen LogP contribution in [-0.2, 0) is 4.79 Å². The molecular formula is C21H26N2O3P+. The molecule has 27 heavy (non-hydrogen) atoms. The van der Waals surface area contributed by atoms with Crippen molar-refractivity contribution in [3.8, 4) is 0 Å². The average molecular weight is 385 g/mol. The van der Waals surface area contributed by atoms with Crippen LogP contribution < -0.4 is 9.34 Å². The lowest BCUT2D eigenvalue weighted by Crippen LogP contribution is -2.27. The molecule has 0 saturated carbocycles. The first-order valence-electron chi connectivity index (χ1n) is 9.14. The third-order valence-corrected chi connectivity index (χ3v) is 7.84. The van der Waals surface area contributed by atoms with Gasteiger partial charge < -0.3 is 5.11 Å². The molecule has 6 heteroatoms. The van der Waals surface area contributed by atoms with E-state index >= 15 is 0 Å². The molecule has 2 aromatic carbocycles. The molecule has 0 radical (unpaired) electrons. The van der Waals surface area contributed by atoms with Gasteiger partial charge >= 0.3 is 13.8 Å². The quantitative estimate of drug-likeness (QED) is 0.701. The summed E-state index contributed by atoms with van der Waals surface area (Å²) >= 11 is 0. The summed E-state index contributed by atoms with van der Waals surface area (Å²) < 4.78 is 3.99. The summed E-state index contributed by atoms with van der Waals surface area (Å²) in [6, 6.07) is 19.5. The maximum atomic E-state index is 12.1. The highest BCUT2D eigenvalue weighted by Gasteiger charge is 2.59. The van der Waals surface area contributed by atoms with Crippen molar-refractivity contribution in [2.45, 2.75) is 20.3 Å². The van der Waals surface area contributed by atoms with Gasteiger partial charge in [-0.15, -0.1) is 0 Å². The second-order valence-electron chi connectivity index (χ2n) is 6.96. The zero-order valence-electron chi connectivity index (χ0n) is 15.7. The topological polar surface area (TPSA) is 64.0 Å². The Bertz CT molecular complexity index is 761. The molecule has 142 valence electrons. The summed E-state index contributed by atoms with van der Waals surface area (Å²) in [7, 11) is -3.06. The molecule has 0 aliphatic carbocycles. The molecule has 0 bridgehead atoms. The second kappa shape index (κ2) is 8.12. The number of anilines is 2. The van der Waals surface area contributed by atoms with Gasteiger partial charge in [0.25, 0.3) is 0 Å². The highest BCUT2D eigenvalue weighted by Crippen LogP contribution is 2.72. The first kappa shape index (κ1) is 19.4. The van der Waals surface area contributed by atoms with Crippen LogP contribution in [0.25, 0.3) is 0 Å². The molecule has 1 heterocycles. The summed E-state index contributed by atoms with van der Waals surface area (Å²) in [6.07, 6.45) is 1.74. The zero-order valence-corrected chi connectivity index (χ0v) is 16.6. The van der Waals surface area contributed by atoms with Crippen LogP contribution in [0.5, 0.6) is 0 Å². The fourth-order valence-electron chi connectivity index (χ4n) is 3.49. The van der Waals surface area contributed by atoms with Gasteiger partial charge in [0.1, 0.15) is 6.42 Å². The van der Waals surface area contributed by atoms with Crippen LogP contribution in [0.3, 0.4) is 0 Å². The van der Waals surface area contributed by atoms with E-state index < -0.39 is 13.8 Å². The molecule has 0 amide bonds. The van der Waals surface area contributed by atoms with Crippen LogP contribution in [0.2, 0.25) is 0 Å². The van der Waals surface area contributed by atoms with Crippen molar-refractivity contribution >= 4 is 25.1 Å². The molecule has 1 aliphatic rings. The summed E-state index contributed by atoms with van der Waals surface area (Å²) in [4.78, 5) is 23.7. The van der Waals surface area contributed by atoms with E-state index in [-0.39, 0.29) is 12.3 Å². The predicted molar refractivity (Wildman–Crippen MR) is 112 cm³/mol. The number of allylic oxidation sites excluding steroid dienone is 1. The summed E-state index contributed by atoms with van der Waals surface area (Å²) in [5, 5.41) is 10.1. The number of carboxylic acid groups (broad SMARTS) is 1. The molecule has 2 aromatic rings. The van der Waals surface area contributed by atoms with E-state index in [0.29, 0.717) is 18.4 Å². The Morgan fingerprint density at radius 1 is 1.00 bits per heavy atom. The lowest BCUT2D eigenvalue weighted by Gasteiger charge is -2.32. The maximum absolute atomic E-state index is 12.1. The fourth-order valence-corrected chi connectivity index (χ4v) is 6.87. The molecule has 1 aliphatic heterocycles. The van der Waals surface area contributed by atoms with Crippen molar-refractivity contribution in [1.29, 1.82) is 0 Å². The number of rotatable bonds is 6. The maximum Gasteiger partial charge on any atom is 0.362 e. The van der Waals surface area contributed by atoms with E-state index in [0.717, 1.165) is 11.4 Å². The van der Waals surface area contributed by atoms with E-state index in [9.17, 15) is 14.8 Å². The molecule has 1 fully saturated rings. The minimum Gasteiger partial charge on any atom is -0.481 e. The Morgan fingerprint density at radius 2 is 1.44 bits per heavy atom. The van der Waals surface area contributed by atoms with Crippen molar-refractivity contribution < 1.29 is 14.8 Å². The number of hydrogen-bond donors (Lipinski definition) is 2. The highest BCUT2D eigenvalue weighted by molar-refractivity contribution is 7.77. The normalized spacial score (nSPS) is 16.8. The van der Waals surface area contributed by atoms with Gasteiger partial charge in [-0.3, -0.25) is 4.79 Å². The standard InChI is InChI=1S/C21H25N2O3P/c1-17(2)15-20(16-21(24)25)27(26)22(18-9-5-3-6-10-18)13-14-23(27)19-11-7-4-8-12-19/h3-12,15,17,26H,13-14,16H2,1-2H3/p+1. The third-order valence-electron chi connectivity index (χ3n) is 4.55. The molecule has 3 rings (SSSR count). The average Bonchev–Trinajstić information content (AvgIpc) is 3.00. The Balaban J connectivity index is 2.14. The third kappa shape index (κ3) is 4.00. The number of aliphatic carboxylic acids is 1. The molecule has 0 unspecified atom stereocenters. The van der Waals surface area contributed by atoms with Gasteiger partial charge in [-0.2, -0.15) is 14.2 Å². The first-order chi connectivity index (χ1) is 12.9. The van der Waals surface area contributed by atoms with Gasteiger partial charge in [-0.25, -0.2) is 0 Å². The summed E-state index contributed by atoms with van der Waals surface area (Å²) in [5.41, 5.74) is 1.82. The number of benzene rings is 2. The SMILES string of the molecule is CC(C)C=C(CC(=O)O)[P+]1(O)N(c2ccccc2)CCN1c1ccccc1. The van der Waals surface area contributed by atoms with Crippen LogP contribution in [-0.4, -0.2) is 29.1 Å². The molecular weight excluding hydrogens is 359 g/mol. The molecule has 0 atom stereocenters. The van der Waals surface area contributed by atoms with Crippen LogP contribution >= 0.6 is 7.79 Å². The van der Waals surface area contributed by atoms with Gasteiger partial charge in [0.15, 0.2) is 5.31 Å². The number of nitrogens with zero attached hydrogens (tertiary/aromatic N) is 2. The van der Waals surface area contributed by atoms with Crippen LogP contribution in [0.4, 0.5) is 11.4 Å². The second-order valence-corrected chi connectivity index (χ2v) is 9.64. The van der Waals surface area contributed by atoms with Gasteiger partial charge in [0.05, 0.1) is 24.5 Å². The van der Waals surface area contributed by atoms with Gasteiger partial charge in [-0.05, 0) is 36.3 Å². The van der Waals surface area contributed by atoms with Crippen LogP contribution in [0.15, 0.2) is 72.1 Å². The summed E-state index contributed by atoms with van der Waals surface area (Å²) in [5.74, 6) is -0.789. The predicted octanol–water partition coefficient (Wildman–Crippen LogP) is 4.78. The van der Waals surface area contributed by atoms with E-state index in [4.69, 9.17) is 0 Å². The Morgan fingerprint density at radius 3 is 1.81 bits per heavy atom. The monoisotopic (exact) mass is 385 g/mol.